The quantitative estimate of drug-likeness (QED) is 0.311. The van der Waals surface area contributed by atoms with E-state index in [1.807, 2.05) is 22.6 Å². The molecule has 0 radical (unpaired) electrons. The number of pyridine rings is 1. The van der Waals surface area contributed by atoms with Crippen molar-refractivity contribution in [1.29, 1.82) is 0 Å². The minimum Gasteiger partial charge on any atom is -0.366 e. The van der Waals surface area contributed by atoms with Gasteiger partial charge in [0, 0.05) is 9.77 Å². The molecule has 0 unspecified atom stereocenters. The van der Waals surface area contributed by atoms with Crippen LogP contribution in [0.5, 0.6) is 0 Å². The first-order valence-electron chi connectivity index (χ1n) is 10.0. The van der Waals surface area contributed by atoms with Crippen LogP contribution in [0.4, 0.5) is 18.9 Å². The molecule has 3 N–H and O–H groups in total. The van der Waals surface area contributed by atoms with Gasteiger partial charge in [-0.05, 0) is 65.4 Å². The van der Waals surface area contributed by atoms with Crippen LogP contribution < -0.4 is 11.1 Å². The van der Waals surface area contributed by atoms with Crippen molar-refractivity contribution in [2.45, 2.75) is 19.6 Å². The fourth-order valence-corrected chi connectivity index (χ4v) is 4.30. The maximum absolute atomic E-state index is 13.4. The van der Waals surface area contributed by atoms with E-state index in [1.54, 1.807) is 19.1 Å². The van der Waals surface area contributed by atoms with Crippen molar-refractivity contribution in [3.63, 3.8) is 0 Å². The molecule has 15 heteroatoms. The predicted octanol–water partition coefficient (Wildman–Crippen LogP) is 3.84. The molecule has 0 saturated carbocycles. The number of hydrogen-bond donors (Lipinski definition) is 2. The van der Waals surface area contributed by atoms with E-state index in [0.717, 1.165) is 19.1 Å². The van der Waals surface area contributed by atoms with Gasteiger partial charge in [0.05, 0.1) is 34.7 Å². The number of anilines is 1. The number of amides is 2. The number of aryl methyl sites for hydroxylation is 1. The maximum atomic E-state index is 13.4. The summed E-state index contributed by atoms with van der Waals surface area (Å²) in [7, 11) is 0. The lowest BCUT2D eigenvalue weighted by atomic mass is 10.1. The molecule has 0 aliphatic rings. The molecule has 186 valence electrons. The van der Waals surface area contributed by atoms with E-state index in [2.05, 4.69) is 25.7 Å². The summed E-state index contributed by atoms with van der Waals surface area (Å²) in [4.78, 5) is 29.5. The Bertz CT molecular complexity index is 1480. The van der Waals surface area contributed by atoms with E-state index in [-0.39, 0.29) is 40.0 Å². The molecule has 0 atom stereocenters. The monoisotopic (exact) mass is 630 g/mol. The smallest absolute Gasteiger partial charge is 0.366 e. The number of carbonyl (C=O) groups excluding carboxylic acids is 2. The molecule has 0 aliphatic carbocycles. The van der Waals surface area contributed by atoms with E-state index >= 15 is 0 Å². The number of primary amides is 1. The second-order valence-electron chi connectivity index (χ2n) is 7.50. The number of benzene rings is 1. The topological polar surface area (TPSA) is 134 Å². The predicted molar refractivity (Wildman–Crippen MR) is 131 cm³/mol. The van der Waals surface area contributed by atoms with Gasteiger partial charge in [0.1, 0.15) is 5.69 Å². The van der Waals surface area contributed by atoms with Gasteiger partial charge < -0.3 is 11.1 Å². The summed E-state index contributed by atoms with van der Waals surface area (Å²) in [5.74, 6) is -1.31. The molecule has 3 aromatic heterocycles. The van der Waals surface area contributed by atoms with Gasteiger partial charge in [-0.1, -0.05) is 16.8 Å². The summed E-state index contributed by atoms with van der Waals surface area (Å²) in [5, 5.41) is 13.7. The minimum absolute atomic E-state index is 0.0462. The maximum Gasteiger partial charge on any atom is 0.436 e. The van der Waals surface area contributed by atoms with E-state index in [1.165, 1.54) is 24.4 Å². The van der Waals surface area contributed by atoms with Crippen molar-refractivity contribution >= 4 is 51.7 Å². The molecule has 4 aromatic rings. The van der Waals surface area contributed by atoms with Gasteiger partial charge in [-0.15, -0.1) is 5.10 Å². The highest BCUT2D eigenvalue weighted by Gasteiger charge is 2.34. The molecule has 0 saturated heterocycles. The van der Waals surface area contributed by atoms with E-state index in [0.29, 0.717) is 5.56 Å². The number of rotatable bonds is 6. The summed E-state index contributed by atoms with van der Waals surface area (Å²) < 4.78 is 41.5. The molecule has 10 nitrogen and oxygen atoms in total. The molecule has 0 bridgehead atoms. The lowest BCUT2D eigenvalue weighted by Gasteiger charge is -2.14. The van der Waals surface area contributed by atoms with Crippen LogP contribution in [0.25, 0.3) is 5.82 Å². The third-order valence-electron chi connectivity index (χ3n) is 4.89. The molecule has 0 fully saturated rings. The first kappa shape index (κ1) is 25.6. The van der Waals surface area contributed by atoms with Crippen molar-refractivity contribution in [2.75, 3.05) is 5.32 Å². The number of nitrogens with zero attached hydrogens (tertiary/aromatic N) is 6. The number of carbonyl (C=O) groups is 2. The van der Waals surface area contributed by atoms with Crippen LogP contribution in [0.2, 0.25) is 5.02 Å². The fraction of sp³-hybridized carbons (Fsp3) is 0.143. The summed E-state index contributed by atoms with van der Waals surface area (Å²) in [6, 6.07) is 7.75. The van der Waals surface area contributed by atoms with E-state index in [4.69, 9.17) is 17.3 Å². The van der Waals surface area contributed by atoms with E-state index < -0.39 is 23.7 Å². The Morgan fingerprint density at radius 1 is 1.25 bits per heavy atom. The average Bonchev–Trinajstić information content (AvgIpc) is 3.43. The Morgan fingerprint density at radius 3 is 2.64 bits per heavy atom. The standard InChI is InChI=1S/C21H15ClF3IN8O2/c1-10-5-11(26)6-13(18(27)35)17(10)29-20(36)15-7-12(8-33-9-16(30-32-33)21(23,24)25)31-34(15)19-14(22)3-2-4-28-19/h2-7,9H,8H2,1H3,(H2,27,35)(H,29,36). The van der Waals surface area contributed by atoms with Gasteiger partial charge in [-0.3, -0.25) is 9.59 Å². The number of alkyl halides is 3. The first-order valence-corrected chi connectivity index (χ1v) is 11.5. The van der Waals surface area contributed by atoms with Gasteiger partial charge in [0.25, 0.3) is 11.8 Å². The molecule has 3 heterocycles. The Labute approximate surface area is 219 Å². The molecular weight excluding hydrogens is 616 g/mol. The van der Waals surface area contributed by atoms with Crippen LogP contribution >= 0.6 is 34.2 Å². The Morgan fingerprint density at radius 2 is 2.00 bits per heavy atom. The number of hydrogen-bond acceptors (Lipinski definition) is 6. The second-order valence-corrected chi connectivity index (χ2v) is 9.16. The summed E-state index contributed by atoms with van der Waals surface area (Å²) in [6.07, 6.45) is -2.50. The lowest BCUT2D eigenvalue weighted by Crippen LogP contribution is -2.22. The van der Waals surface area contributed by atoms with Crippen LogP contribution in [-0.2, 0) is 12.7 Å². The van der Waals surface area contributed by atoms with Crippen molar-refractivity contribution < 1.29 is 22.8 Å². The largest absolute Gasteiger partial charge is 0.436 e. The Hall–Kier alpha value is -3.53. The molecule has 0 aliphatic heterocycles. The van der Waals surface area contributed by atoms with Crippen molar-refractivity contribution in [3.05, 3.63) is 79.5 Å². The van der Waals surface area contributed by atoms with Gasteiger partial charge in [0.15, 0.2) is 11.5 Å². The summed E-state index contributed by atoms with van der Waals surface area (Å²) >= 11 is 8.28. The second kappa shape index (κ2) is 9.85. The number of nitrogens with two attached hydrogens (primary N) is 1. The minimum atomic E-state index is -4.66. The van der Waals surface area contributed by atoms with Gasteiger partial charge >= 0.3 is 6.18 Å². The molecule has 1 aromatic carbocycles. The van der Waals surface area contributed by atoms with Crippen molar-refractivity contribution in [2.24, 2.45) is 5.73 Å². The lowest BCUT2D eigenvalue weighted by molar-refractivity contribution is -0.141. The number of halogens is 5. The highest BCUT2D eigenvalue weighted by atomic mass is 127. The summed E-state index contributed by atoms with van der Waals surface area (Å²) in [6.45, 7) is 1.47. The van der Waals surface area contributed by atoms with Crippen molar-refractivity contribution in [3.8, 4) is 5.82 Å². The third-order valence-corrected chi connectivity index (χ3v) is 5.81. The zero-order valence-corrected chi connectivity index (χ0v) is 21.1. The van der Waals surface area contributed by atoms with Crippen LogP contribution in [0.1, 0.15) is 37.8 Å². The first-order chi connectivity index (χ1) is 16.9. The fourth-order valence-electron chi connectivity index (χ4n) is 3.32. The number of nitrogens with one attached hydrogen (secondary N) is 1. The molecule has 36 heavy (non-hydrogen) atoms. The highest BCUT2D eigenvalue weighted by molar-refractivity contribution is 14.1. The average molecular weight is 631 g/mol. The molecule has 0 spiro atoms. The zero-order valence-electron chi connectivity index (χ0n) is 18.2. The van der Waals surface area contributed by atoms with Crippen molar-refractivity contribution in [1.82, 2.24) is 29.8 Å². The normalized spacial score (nSPS) is 11.5. The molecule has 4 rings (SSSR count). The molecular formula is C21H15ClF3IN8O2. The SMILES string of the molecule is Cc1cc(I)cc(C(N)=O)c1NC(=O)c1cc(Cn2cc(C(F)(F)F)nn2)nn1-c1ncccc1Cl. The van der Waals surface area contributed by atoms with Crippen LogP contribution in [-0.4, -0.2) is 41.6 Å². The van der Waals surface area contributed by atoms with Crippen LogP contribution in [0.15, 0.2) is 42.7 Å². The highest BCUT2D eigenvalue weighted by Crippen LogP contribution is 2.28. The molecule has 2 amide bonds. The van der Waals surface area contributed by atoms with Crippen LogP contribution in [0, 0.1) is 10.5 Å². The Kier molecular flexibility index (Phi) is 6.99. The van der Waals surface area contributed by atoms with E-state index in [9.17, 15) is 22.8 Å². The van der Waals surface area contributed by atoms with Gasteiger partial charge in [-0.25, -0.2) is 14.3 Å². The number of aromatic nitrogens is 6. The zero-order chi connectivity index (χ0) is 26.2. The Balaban J connectivity index is 1.75. The summed E-state index contributed by atoms with van der Waals surface area (Å²) in [5.41, 5.74) is 5.37. The van der Waals surface area contributed by atoms with Gasteiger partial charge in [-0.2, -0.15) is 18.3 Å². The van der Waals surface area contributed by atoms with Crippen LogP contribution in [0.3, 0.4) is 0 Å². The van der Waals surface area contributed by atoms with Gasteiger partial charge in [0.2, 0.25) is 0 Å². The third kappa shape index (κ3) is 5.33.